The van der Waals surface area contributed by atoms with Crippen LogP contribution in [0, 0.1) is 18.7 Å². The highest BCUT2D eigenvalue weighted by Gasteiger charge is 2.64. The van der Waals surface area contributed by atoms with Gasteiger partial charge < -0.3 is 4.74 Å². The van der Waals surface area contributed by atoms with Crippen molar-refractivity contribution in [2.24, 2.45) is 10.9 Å². The van der Waals surface area contributed by atoms with Gasteiger partial charge >= 0.3 is 0 Å². The molecule has 3 nitrogen and oxygen atoms in total. The number of hydrogen-bond donors (Lipinski definition) is 0. The zero-order chi connectivity index (χ0) is 20.1. The lowest BCUT2D eigenvalue weighted by Crippen LogP contribution is -2.42. The summed E-state index contributed by atoms with van der Waals surface area (Å²) in [4.78, 5) is 16.7. The number of aryl methyl sites for hydroxylation is 1. The predicted molar refractivity (Wildman–Crippen MR) is 102 cm³/mol. The Morgan fingerprint density at radius 2 is 2.04 bits per heavy atom. The molecule has 2 aromatic rings. The summed E-state index contributed by atoms with van der Waals surface area (Å²) in [6, 6.07) is 11.4. The van der Waals surface area contributed by atoms with Crippen LogP contribution in [-0.2, 0) is 10.3 Å². The third-order valence-corrected chi connectivity index (χ3v) is 5.74. The first-order valence-electron chi connectivity index (χ1n) is 8.91. The SMILES string of the molecule is Cc1cc(Br)cc([C@@]2(C(F)F)N=C(CC(=O)c3ccccc3)O[C@@H]3C[C@@H]32)c1F. The highest BCUT2D eigenvalue weighted by Crippen LogP contribution is 2.57. The van der Waals surface area contributed by atoms with Gasteiger partial charge in [0.25, 0.3) is 6.43 Å². The summed E-state index contributed by atoms with van der Waals surface area (Å²) in [7, 11) is 0. The van der Waals surface area contributed by atoms with Crippen LogP contribution in [0.25, 0.3) is 0 Å². The lowest BCUT2D eigenvalue weighted by molar-refractivity contribution is 0.0172. The fraction of sp³-hybridized carbons (Fsp3) is 0.333. The summed E-state index contributed by atoms with van der Waals surface area (Å²) in [6.07, 6.45) is -3.31. The van der Waals surface area contributed by atoms with E-state index in [1.807, 2.05) is 0 Å². The number of benzene rings is 2. The molecule has 1 aliphatic heterocycles. The van der Waals surface area contributed by atoms with Crippen LogP contribution in [0.1, 0.15) is 34.3 Å². The molecule has 7 heteroatoms. The highest BCUT2D eigenvalue weighted by molar-refractivity contribution is 9.10. The van der Waals surface area contributed by atoms with Crippen molar-refractivity contribution in [1.29, 1.82) is 0 Å². The van der Waals surface area contributed by atoms with Crippen LogP contribution in [0.15, 0.2) is 51.9 Å². The van der Waals surface area contributed by atoms with Gasteiger partial charge in [-0.3, -0.25) is 4.79 Å². The molecule has 0 aromatic heterocycles. The number of aliphatic imine (C=N–C) groups is 1. The highest BCUT2D eigenvalue weighted by atomic mass is 79.9. The molecule has 2 aliphatic rings. The Morgan fingerprint density at radius 3 is 2.71 bits per heavy atom. The van der Waals surface area contributed by atoms with E-state index in [1.165, 1.54) is 19.1 Å². The number of fused-ring (bicyclic) bond motifs is 1. The van der Waals surface area contributed by atoms with E-state index >= 15 is 0 Å². The fourth-order valence-electron chi connectivity index (χ4n) is 3.81. The molecule has 1 fully saturated rings. The average Bonchev–Trinajstić information content (AvgIpc) is 3.44. The zero-order valence-electron chi connectivity index (χ0n) is 15.0. The van der Waals surface area contributed by atoms with Gasteiger partial charge in [-0.1, -0.05) is 46.3 Å². The standard InChI is InChI=1S/C21H17BrF3NO2/c1-11-7-13(22)8-15(19(11)23)21(20(24)25)14-9-17(14)28-18(26-21)10-16(27)12-5-3-2-4-6-12/h2-8,14,17,20H,9-10H2,1H3/t14-,17+,21-/m0/s1. The summed E-state index contributed by atoms with van der Waals surface area (Å²) in [5, 5.41) is 0. The molecule has 1 aliphatic carbocycles. The van der Waals surface area contributed by atoms with Gasteiger partial charge in [-0.05, 0) is 31.0 Å². The van der Waals surface area contributed by atoms with Crippen molar-refractivity contribution >= 4 is 27.6 Å². The largest absolute Gasteiger partial charge is 0.477 e. The molecule has 28 heavy (non-hydrogen) atoms. The maximum atomic E-state index is 14.9. The number of rotatable bonds is 5. The van der Waals surface area contributed by atoms with E-state index < -0.39 is 29.8 Å². The Balaban J connectivity index is 1.77. The number of halogens is 4. The minimum Gasteiger partial charge on any atom is -0.477 e. The molecule has 1 heterocycles. The maximum absolute atomic E-state index is 14.9. The molecular formula is C21H17BrF3NO2. The topological polar surface area (TPSA) is 38.7 Å². The molecule has 0 spiro atoms. The van der Waals surface area contributed by atoms with E-state index in [0.29, 0.717) is 16.5 Å². The molecule has 0 saturated heterocycles. The molecule has 0 bridgehead atoms. The Hall–Kier alpha value is -2.15. The number of ether oxygens (including phenoxy) is 1. The van der Waals surface area contributed by atoms with Gasteiger partial charge in [0.15, 0.2) is 17.2 Å². The van der Waals surface area contributed by atoms with E-state index in [4.69, 9.17) is 4.74 Å². The fourth-order valence-corrected chi connectivity index (χ4v) is 4.38. The Kier molecular flexibility index (Phi) is 4.81. The van der Waals surface area contributed by atoms with Gasteiger partial charge in [0.05, 0.1) is 6.42 Å². The lowest BCUT2D eigenvalue weighted by Gasteiger charge is -2.34. The van der Waals surface area contributed by atoms with Crippen LogP contribution in [0.4, 0.5) is 13.2 Å². The second-order valence-electron chi connectivity index (χ2n) is 7.18. The third kappa shape index (κ3) is 3.15. The second-order valence-corrected chi connectivity index (χ2v) is 8.10. The monoisotopic (exact) mass is 451 g/mol. The van der Waals surface area contributed by atoms with E-state index in [-0.39, 0.29) is 29.2 Å². The van der Waals surface area contributed by atoms with Crippen molar-refractivity contribution in [3.8, 4) is 0 Å². The van der Waals surface area contributed by atoms with Gasteiger partial charge in [0.1, 0.15) is 11.9 Å². The van der Waals surface area contributed by atoms with E-state index in [2.05, 4.69) is 20.9 Å². The van der Waals surface area contributed by atoms with Gasteiger partial charge in [-0.25, -0.2) is 18.2 Å². The van der Waals surface area contributed by atoms with Crippen molar-refractivity contribution in [1.82, 2.24) is 0 Å². The van der Waals surface area contributed by atoms with Crippen molar-refractivity contribution in [2.75, 3.05) is 0 Å². The lowest BCUT2D eigenvalue weighted by atomic mass is 9.83. The molecule has 146 valence electrons. The molecular weight excluding hydrogens is 435 g/mol. The normalized spacial score (nSPS) is 25.7. The van der Waals surface area contributed by atoms with Crippen molar-refractivity contribution in [3.05, 3.63) is 69.4 Å². The quantitative estimate of drug-likeness (QED) is 0.567. The van der Waals surface area contributed by atoms with Crippen LogP contribution >= 0.6 is 15.9 Å². The first-order chi connectivity index (χ1) is 13.3. The smallest absolute Gasteiger partial charge is 0.268 e. The number of Topliss-reactive ketones (excluding diaryl/α,β-unsaturated/α-hetero) is 1. The Labute approximate surface area is 168 Å². The summed E-state index contributed by atoms with van der Waals surface area (Å²) < 4.78 is 49.8. The minimum absolute atomic E-state index is 0.0649. The Morgan fingerprint density at radius 1 is 1.32 bits per heavy atom. The third-order valence-electron chi connectivity index (χ3n) is 5.29. The number of alkyl halides is 2. The number of hydrogen-bond acceptors (Lipinski definition) is 3. The summed E-state index contributed by atoms with van der Waals surface area (Å²) >= 11 is 3.26. The number of nitrogens with zero attached hydrogens (tertiary/aromatic N) is 1. The Bertz CT molecular complexity index is 964. The van der Waals surface area contributed by atoms with Crippen LogP contribution in [-0.4, -0.2) is 24.2 Å². The minimum atomic E-state index is -2.93. The zero-order valence-corrected chi connectivity index (χ0v) is 16.5. The van der Waals surface area contributed by atoms with Crippen LogP contribution in [0.5, 0.6) is 0 Å². The van der Waals surface area contributed by atoms with Crippen molar-refractivity contribution in [2.45, 2.75) is 37.8 Å². The number of ketones is 1. The molecule has 0 amide bonds. The predicted octanol–water partition coefficient (Wildman–Crippen LogP) is 5.45. The number of carbonyl (C=O) groups excluding carboxylic acids is 1. The van der Waals surface area contributed by atoms with Gasteiger partial charge in [0.2, 0.25) is 0 Å². The second kappa shape index (κ2) is 7.03. The number of carbonyl (C=O) groups is 1. The van der Waals surface area contributed by atoms with E-state index in [1.54, 1.807) is 30.3 Å². The van der Waals surface area contributed by atoms with Crippen LogP contribution < -0.4 is 0 Å². The summed E-state index contributed by atoms with van der Waals surface area (Å²) in [6.45, 7) is 1.52. The first kappa shape index (κ1) is 19.2. The molecule has 0 unspecified atom stereocenters. The average molecular weight is 452 g/mol. The molecule has 0 radical (unpaired) electrons. The maximum Gasteiger partial charge on any atom is 0.268 e. The summed E-state index contributed by atoms with van der Waals surface area (Å²) in [5.41, 5.74) is -1.51. The van der Waals surface area contributed by atoms with Crippen LogP contribution in [0.2, 0.25) is 0 Å². The van der Waals surface area contributed by atoms with Crippen molar-refractivity contribution < 1.29 is 22.7 Å². The van der Waals surface area contributed by atoms with Crippen LogP contribution in [0.3, 0.4) is 0 Å². The summed E-state index contributed by atoms with van der Waals surface area (Å²) in [5.74, 6) is -1.67. The first-order valence-corrected chi connectivity index (χ1v) is 9.70. The molecule has 0 N–H and O–H groups in total. The molecule has 4 rings (SSSR count). The van der Waals surface area contributed by atoms with Gasteiger partial charge in [-0.2, -0.15) is 0 Å². The van der Waals surface area contributed by atoms with E-state index in [0.717, 1.165) is 0 Å². The van der Waals surface area contributed by atoms with Crippen molar-refractivity contribution in [3.63, 3.8) is 0 Å². The molecule has 2 aromatic carbocycles. The molecule has 3 atom stereocenters. The molecule has 1 saturated carbocycles. The van der Waals surface area contributed by atoms with Gasteiger partial charge in [-0.15, -0.1) is 0 Å². The van der Waals surface area contributed by atoms with Gasteiger partial charge in [0, 0.05) is 21.5 Å². The van der Waals surface area contributed by atoms with E-state index in [9.17, 15) is 18.0 Å².